The number of rotatable bonds is 4. The Bertz CT molecular complexity index is 929. The van der Waals surface area contributed by atoms with Gasteiger partial charge >= 0.3 is 6.03 Å². The van der Waals surface area contributed by atoms with Crippen molar-refractivity contribution in [3.8, 4) is 11.5 Å². The second-order valence-electron chi connectivity index (χ2n) is 5.54. The lowest BCUT2D eigenvalue weighted by molar-refractivity contribution is -0.122. The van der Waals surface area contributed by atoms with Gasteiger partial charge in [-0.05, 0) is 30.3 Å². The van der Waals surface area contributed by atoms with E-state index in [2.05, 4.69) is 5.32 Å². The average Bonchev–Trinajstić information content (AvgIpc) is 3.03. The summed E-state index contributed by atoms with van der Waals surface area (Å²) in [6.07, 6.45) is 3.22. The maximum atomic E-state index is 12.9. The summed E-state index contributed by atoms with van der Waals surface area (Å²) in [5.74, 6) is -0.765. The van der Waals surface area contributed by atoms with E-state index in [1.54, 1.807) is 42.1 Å². The van der Waals surface area contributed by atoms with E-state index in [9.17, 15) is 14.4 Å². The number of urea groups is 1. The molecule has 1 aliphatic heterocycles. The number of hydrogen-bond acceptors (Lipinski definition) is 5. The van der Waals surface area contributed by atoms with Crippen molar-refractivity contribution >= 4 is 29.6 Å². The Hall–Kier alpha value is -3.55. The van der Waals surface area contributed by atoms with E-state index in [4.69, 9.17) is 9.47 Å². The van der Waals surface area contributed by atoms with Crippen LogP contribution in [0.2, 0.25) is 0 Å². The molecule has 0 spiro atoms. The highest BCUT2D eigenvalue weighted by molar-refractivity contribution is 6.39. The van der Waals surface area contributed by atoms with Gasteiger partial charge in [-0.3, -0.25) is 14.9 Å². The van der Waals surface area contributed by atoms with Crippen LogP contribution >= 0.6 is 0 Å². The molecule has 1 aromatic carbocycles. The van der Waals surface area contributed by atoms with Gasteiger partial charge < -0.3 is 14.0 Å². The first-order valence-corrected chi connectivity index (χ1v) is 7.71. The quantitative estimate of drug-likeness (QED) is 0.666. The minimum atomic E-state index is -0.851. The Balaban J connectivity index is 2.09. The number of nitrogens with one attached hydrogen (secondary N) is 1. The molecule has 1 aromatic heterocycles. The number of barbiturate groups is 1. The number of aryl methyl sites for hydroxylation is 1. The van der Waals surface area contributed by atoms with Crippen LogP contribution in [0.1, 0.15) is 5.69 Å². The van der Waals surface area contributed by atoms with Crippen LogP contribution in [0.3, 0.4) is 0 Å². The van der Waals surface area contributed by atoms with Gasteiger partial charge in [0.15, 0.2) is 0 Å². The van der Waals surface area contributed by atoms with E-state index in [0.29, 0.717) is 17.2 Å². The van der Waals surface area contributed by atoms with E-state index in [1.165, 1.54) is 26.4 Å². The van der Waals surface area contributed by atoms with E-state index < -0.39 is 17.8 Å². The molecule has 2 aromatic rings. The highest BCUT2D eigenvalue weighted by Crippen LogP contribution is 2.34. The first-order chi connectivity index (χ1) is 12.5. The highest BCUT2D eigenvalue weighted by Gasteiger charge is 2.38. The summed E-state index contributed by atoms with van der Waals surface area (Å²) < 4.78 is 12.1. The fourth-order valence-electron chi connectivity index (χ4n) is 2.62. The molecule has 0 saturated carbocycles. The van der Waals surface area contributed by atoms with Gasteiger partial charge in [-0.1, -0.05) is 0 Å². The van der Waals surface area contributed by atoms with Crippen molar-refractivity contribution in [2.75, 3.05) is 19.1 Å². The first kappa shape index (κ1) is 17.3. The van der Waals surface area contributed by atoms with Crippen LogP contribution in [-0.4, -0.2) is 36.6 Å². The third-order valence-corrected chi connectivity index (χ3v) is 4.00. The molecule has 4 amide bonds. The lowest BCUT2D eigenvalue weighted by Crippen LogP contribution is -2.54. The Morgan fingerprint density at radius 1 is 1.08 bits per heavy atom. The molecule has 1 N–H and O–H groups in total. The van der Waals surface area contributed by atoms with Crippen molar-refractivity contribution in [3.63, 3.8) is 0 Å². The van der Waals surface area contributed by atoms with Crippen LogP contribution in [0.15, 0.2) is 42.1 Å². The number of nitrogens with zero attached hydrogens (tertiary/aromatic N) is 2. The fraction of sp³-hybridized carbons (Fsp3) is 0.167. The van der Waals surface area contributed by atoms with Crippen molar-refractivity contribution < 1.29 is 23.9 Å². The van der Waals surface area contributed by atoms with Gasteiger partial charge in [-0.15, -0.1) is 0 Å². The number of anilines is 1. The Kier molecular flexibility index (Phi) is 4.49. The smallest absolute Gasteiger partial charge is 0.336 e. The minimum Gasteiger partial charge on any atom is -0.497 e. The zero-order chi connectivity index (χ0) is 18.8. The predicted molar refractivity (Wildman–Crippen MR) is 94.0 cm³/mol. The Morgan fingerprint density at radius 2 is 1.85 bits per heavy atom. The minimum absolute atomic E-state index is 0.156. The van der Waals surface area contributed by atoms with Gasteiger partial charge in [0.2, 0.25) is 0 Å². The zero-order valence-corrected chi connectivity index (χ0v) is 14.5. The number of benzene rings is 1. The number of aromatic nitrogens is 1. The molecule has 134 valence electrons. The van der Waals surface area contributed by atoms with Crippen molar-refractivity contribution in [3.05, 3.63) is 47.8 Å². The summed E-state index contributed by atoms with van der Waals surface area (Å²) >= 11 is 0. The Morgan fingerprint density at radius 3 is 2.46 bits per heavy atom. The molecule has 0 radical (unpaired) electrons. The normalized spacial score (nSPS) is 16.0. The molecule has 8 nitrogen and oxygen atoms in total. The SMILES string of the molecule is COc1ccc(OC)c(N2C(=O)NC(=O)C(=Cc3cccn3C)C2=O)c1. The van der Waals surface area contributed by atoms with E-state index in [1.807, 2.05) is 0 Å². The molecule has 0 atom stereocenters. The molecule has 1 aliphatic rings. The first-order valence-electron chi connectivity index (χ1n) is 7.71. The standard InChI is InChI=1S/C18H17N3O5/c1-20-8-4-5-11(20)9-13-16(22)19-18(24)21(17(13)23)14-10-12(25-2)6-7-15(14)26-3/h4-10H,1-3H3,(H,19,22,24). The van der Waals surface area contributed by atoms with Gasteiger partial charge in [0.05, 0.1) is 19.9 Å². The maximum Gasteiger partial charge on any atom is 0.336 e. The molecule has 26 heavy (non-hydrogen) atoms. The summed E-state index contributed by atoms with van der Waals surface area (Å²) in [4.78, 5) is 38.3. The summed E-state index contributed by atoms with van der Waals surface area (Å²) in [7, 11) is 4.67. The molecule has 1 fully saturated rings. The monoisotopic (exact) mass is 355 g/mol. The van der Waals surface area contributed by atoms with Gasteiger partial charge in [-0.2, -0.15) is 0 Å². The number of ether oxygens (including phenoxy) is 2. The summed E-state index contributed by atoms with van der Waals surface area (Å²) in [6, 6.07) is 7.39. The van der Waals surface area contributed by atoms with Crippen LogP contribution in [-0.2, 0) is 16.6 Å². The average molecular weight is 355 g/mol. The largest absolute Gasteiger partial charge is 0.497 e. The molecule has 0 unspecified atom stereocenters. The van der Waals surface area contributed by atoms with E-state index in [0.717, 1.165) is 4.90 Å². The van der Waals surface area contributed by atoms with Gasteiger partial charge in [0.25, 0.3) is 11.8 Å². The van der Waals surface area contributed by atoms with Crippen LogP contribution in [0.25, 0.3) is 6.08 Å². The highest BCUT2D eigenvalue weighted by atomic mass is 16.5. The summed E-state index contributed by atoms with van der Waals surface area (Å²) in [5.41, 5.74) is 0.673. The van der Waals surface area contributed by atoms with Crippen LogP contribution < -0.4 is 19.7 Å². The van der Waals surface area contributed by atoms with E-state index >= 15 is 0 Å². The van der Waals surface area contributed by atoms with Crippen LogP contribution in [0.5, 0.6) is 11.5 Å². The lowest BCUT2D eigenvalue weighted by Gasteiger charge is -2.27. The number of carbonyl (C=O) groups excluding carboxylic acids is 3. The molecule has 1 saturated heterocycles. The molecule has 8 heteroatoms. The summed E-state index contributed by atoms with van der Waals surface area (Å²) in [6.45, 7) is 0. The number of carbonyl (C=O) groups is 3. The van der Waals surface area contributed by atoms with Crippen LogP contribution in [0, 0.1) is 0 Å². The van der Waals surface area contributed by atoms with Crippen molar-refractivity contribution in [1.82, 2.24) is 9.88 Å². The molecule has 0 bridgehead atoms. The number of imide groups is 2. The molecule has 2 heterocycles. The maximum absolute atomic E-state index is 12.9. The second-order valence-corrected chi connectivity index (χ2v) is 5.54. The van der Waals surface area contributed by atoms with E-state index in [-0.39, 0.29) is 11.3 Å². The van der Waals surface area contributed by atoms with Crippen molar-refractivity contribution in [2.24, 2.45) is 7.05 Å². The van der Waals surface area contributed by atoms with Gasteiger partial charge in [-0.25, -0.2) is 9.69 Å². The second kappa shape index (κ2) is 6.75. The summed E-state index contributed by atoms with van der Waals surface area (Å²) in [5, 5.41) is 2.18. The molecular weight excluding hydrogens is 338 g/mol. The molecular formula is C18H17N3O5. The third kappa shape index (κ3) is 2.92. The van der Waals surface area contributed by atoms with Crippen molar-refractivity contribution in [1.29, 1.82) is 0 Å². The fourth-order valence-corrected chi connectivity index (χ4v) is 2.62. The number of hydrogen-bond donors (Lipinski definition) is 1. The zero-order valence-electron chi connectivity index (χ0n) is 14.5. The predicted octanol–water partition coefficient (Wildman–Crippen LogP) is 1.71. The topological polar surface area (TPSA) is 89.9 Å². The number of amides is 4. The molecule has 3 rings (SSSR count). The van der Waals surface area contributed by atoms with Crippen LogP contribution in [0.4, 0.5) is 10.5 Å². The van der Waals surface area contributed by atoms with Gasteiger partial charge in [0, 0.05) is 25.0 Å². The lowest BCUT2D eigenvalue weighted by atomic mass is 10.1. The molecule has 0 aliphatic carbocycles. The Labute approximate surface area is 149 Å². The third-order valence-electron chi connectivity index (χ3n) is 4.00. The van der Waals surface area contributed by atoms with Gasteiger partial charge in [0.1, 0.15) is 17.1 Å². The number of methoxy groups -OCH3 is 2. The van der Waals surface area contributed by atoms with Crippen molar-refractivity contribution in [2.45, 2.75) is 0 Å².